The molecular weight excluding hydrogens is 252 g/mol. The van der Waals surface area contributed by atoms with E-state index in [1.165, 1.54) is 0 Å². The van der Waals surface area contributed by atoms with Gasteiger partial charge in [-0.05, 0) is 18.2 Å². The first-order valence-electron chi connectivity index (χ1n) is 6.35. The van der Waals surface area contributed by atoms with E-state index in [-0.39, 0.29) is 5.49 Å². The normalized spacial score (nSPS) is 16.4. The van der Waals surface area contributed by atoms with Crippen LogP contribution in [0.3, 0.4) is 0 Å². The second kappa shape index (κ2) is 3.91. The topological polar surface area (TPSA) is 73.9 Å². The van der Waals surface area contributed by atoms with Crippen LogP contribution in [0.4, 0.5) is 11.6 Å². The summed E-state index contributed by atoms with van der Waals surface area (Å²) >= 11 is 0. The molecule has 0 saturated heterocycles. The third kappa shape index (κ3) is 1.41. The number of aromatic nitrogens is 2. The summed E-state index contributed by atoms with van der Waals surface area (Å²) in [4.78, 5) is 4.25. The lowest BCUT2D eigenvalue weighted by atomic mass is 10.1. The molecule has 5 heteroatoms. The minimum absolute atomic E-state index is 0.200. The van der Waals surface area contributed by atoms with Gasteiger partial charge in [0.25, 0.3) is 0 Å². The number of aliphatic hydroxyl groups is 1. The predicted octanol–water partition coefficient (Wildman–Crippen LogP) is 2.11. The summed E-state index contributed by atoms with van der Waals surface area (Å²) < 4.78 is 1.72. The SMILES string of the molecule is N=c1nc2n(c3ccccc13)C(O)c1ccccc1N2. The van der Waals surface area contributed by atoms with E-state index < -0.39 is 6.23 Å². The second-order valence-electron chi connectivity index (χ2n) is 4.76. The molecule has 0 radical (unpaired) electrons. The van der Waals surface area contributed by atoms with Crippen molar-refractivity contribution in [3.05, 3.63) is 59.6 Å². The van der Waals surface area contributed by atoms with Crippen LogP contribution in [0, 0.1) is 5.41 Å². The highest BCUT2D eigenvalue weighted by molar-refractivity contribution is 5.81. The van der Waals surface area contributed by atoms with Crippen LogP contribution in [-0.4, -0.2) is 14.7 Å². The van der Waals surface area contributed by atoms with Crippen LogP contribution in [0.15, 0.2) is 48.5 Å². The van der Waals surface area contributed by atoms with Crippen molar-refractivity contribution in [2.75, 3.05) is 5.32 Å². The summed E-state index contributed by atoms with van der Waals surface area (Å²) in [6.45, 7) is 0. The van der Waals surface area contributed by atoms with Crippen LogP contribution in [0.25, 0.3) is 10.9 Å². The molecule has 0 spiro atoms. The maximum absolute atomic E-state index is 10.6. The van der Waals surface area contributed by atoms with Crippen LogP contribution in [0.1, 0.15) is 11.8 Å². The summed E-state index contributed by atoms with van der Waals surface area (Å²) in [5, 5.41) is 22.5. The van der Waals surface area contributed by atoms with Crippen molar-refractivity contribution in [2.24, 2.45) is 0 Å². The maximum atomic E-state index is 10.6. The molecule has 0 saturated carbocycles. The largest absolute Gasteiger partial charge is 0.369 e. The van der Waals surface area contributed by atoms with E-state index in [0.29, 0.717) is 5.95 Å². The molecule has 2 aromatic carbocycles. The molecule has 1 aliphatic heterocycles. The number of fused-ring (bicyclic) bond motifs is 4. The molecule has 4 rings (SSSR count). The first-order valence-corrected chi connectivity index (χ1v) is 6.35. The molecule has 1 unspecified atom stereocenters. The zero-order chi connectivity index (χ0) is 13.7. The van der Waals surface area contributed by atoms with E-state index in [1.54, 1.807) is 4.57 Å². The van der Waals surface area contributed by atoms with E-state index in [1.807, 2.05) is 48.5 Å². The number of hydrogen-bond donors (Lipinski definition) is 3. The Bertz CT molecular complexity index is 884. The molecule has 20 heavy (non-hydrogen) atoms. The zero-order valence-electron chi connectivity index (χ0n) is 10.5. The number of aliphatic hydroxyl groups excluding tert-OH is 1. The van der Waals surface area contributed by atoms with E-state index in [2.05, 4.69) is 10.3 Å². The summed E-state index contributed by atoms with van der Waals surface area (Å²) in [5.74, 6) is 0.486. The lowest BCUT2D eigenvalue weighted by molar-refractivity contribution is 0.150. The Hall–Kier alpha value is -2.66. The Morgan fingerprint density at radius 2 is 1.85 bits per heavy atom. The molecule has 0 amide bonds. The second-order valence-corrected chi connectivity index (χ2v) is 4.76. The van der Waals surface area contributed by atoms with Gasteiger partial charge in [0.1, 0.15) is 0 Å². The minimum Gasteiger partial charge on any atom is -0.369 e. The van der Waals surface area contributed by atoms with Crippen LogP contribution < -0.4 is 10.8 Å². The van der Waals surface area contributed by atoms with Crippen molar-refractivity contribution in [3.63, 3.8) is 0 Å². The van der Waals surface area contributed by atoms with Gasteiger partial charge in [0, 0.05) is 16.6 Å². The lowest BCUT2D eigenvalue weighted by Crippen LogP contribution is -2.26. The highest BCUT2D eigenvalue weighted by Crippen LogP contribution is 2.34. The Morgan fingerprint density at radius 3 is 2.75 bits per heavy atom. The quantitative estimate of drug-likeness (QED) is 0.582. The predicted molar refractivity (Wildman–Crippen MR) is 75.7 cm³/mol. The van der Waals surface area contributed by atoms with Crippen molar-refractivity contribution >= 4 is 22.5 Å². The third-order valence-corrected chi connectivity index (χ3v) is 3.59. The summed E-state index contributed by atoms with van der Waals surface area (Å²) in [6.07, 6.45) is -0.805. The fourth-order valence-corrected chi connectivity index (χ4v) is 2.65. The molecule has 2 heterocycles. The van der Waals surface area contributed by atoms with Gasteiger partial charge in [0.2, 0.25) is 5.95 Å². The van der Waals surface area contributed by atoms with Gasteiger partial charge in [-0.15, -0.1) is 0 Å². The fraction of sp³-hybridized carbons (Fsp3) is 0.0667. The lowest BCUT2D eigenvalue weighted by Gasteiger charge is -2.28. The van der Waals surface area contributed by atoms with Crippen molar-refractivity contribution in [1.82, 2.24) is 9.55 Å². The first kappa shape index (κ1) is 11.2. The average molecular weight is 264 g/mol. The molecule has 0 aliphatic carbocycles. The van der Waals surface area contributed by atoms with Gasteiger partial charge < -0.3 is 10.4 Å². The molecule has 1 aromatic heterocycles. The summed E-state index contributed by atoms with van der Waals surface area (Å²) in [7, 11) is 0. The van der Waals surface area contributed by atoms with Crippen LogP contribution >= 0.6 is 0 Å². The molecule has 0 fully saturated rings. The average Bonchev–Trinajstić information content (AvgIpc) is 2.47. The van der Waals surface area contributed by atoms with E-state index in [4.69, 9.17) is 5.41 Å². The summed E-state index contributed by atoms with van der Waals surface area (Å²) in [5.41, 5.74) is 2.61. The van der Waals surface area contributed by atoms with Crippen molar-refractivity contribution < 1.29 is 5.11 Å². The molecule has 3 N–H and O–H groups in total. The van der Waals surface area contributed by atoms with E-state index >= 15 is 0 Å². The van der Waals surface area contributed by atoms with Gasteiger partial charge in [-0.1, -0.05) is 30.3 Å². The van der Waals surface area contributed by atoms with Gasteiger partial charge >= 0.3 is 0 Å². The standard InChI is InChI=1S/C15H12N4O/c16-13-10-6-2-4-8-12(10)19-14(20)9-5-1-3-7-11(9)17-15(19)18-13/h1-8,14,20H,(H2,16,17,18). The highest BCUT2D eigenvalue weighted by Gasteiger charge is 2.24. The zero-order valence-corrected chi connectivity index (χ0v) is 10.5. The number of rotatable bonds is 0. The maximum Gasteiger partial charge on any atom is 0.212 e. The van der Waals surface area contributed by atoms with Gasteiger partial charge in [-0.2, -0.15) is 4.98 Å². The monoisotopic (exact) mass is 264 g/mol. The van der Waals surface area contributed by atoms with Gasteiger partial charge in [0.15, 0.2) is 11.7 Å². The van der Waals surface area contributed by atoms with E-state index in [9.17, 15) is 5.11 Å². The number of nitrogens with zero attached hydrogens (tertiary/aromatic N) is 2. The number of hydrogen-bond acceptors (Lipinski definition) is 4. The number of anilines is 2. The van der Waals surface area contributed by atoms with Crippen molar-refractivity contribution in [1.29, 1.82) is 5.41 Å². The number of nitrogens with one attached hydrogen (secondary N) is 2. The molecule has 1 aliphatic rings. The van der Waals surface area contributed by atoms with Crippen LogP contribution in [-0.2, 0) is 0 Å². The molecule has 3 aromatic rings. The Kier molecular flexibility index (Phi) is 2.19. The Morgan fingerprint density at radius 1 is 1.10 bits per heavy atom. The molecule has 1 atom stereocenters. The highest BCUT2D eigenvalue weighted by atomic mass is 16.3. The number of para-hydroxylation sites is 2. The Labute approximate surface area is 114 Å². The minimum atomic E-state index is -0.805. The molecule has 5 nitrogen and oxygen atoms in total. The van der Waals surface area contributed by atoms with Gasteiger partial charge in [-0.3, -0.25) is 9.98 Å². The van der Waals surface area contributed by atoms with Gasteiger partial charge in [0.05, 0.1) is 5.52 Å². The molecular formula is C15H12N4O. The number of benzene rings is 2. The van der Waals surface area contributed by atoms with E-state index in [0.717, 1.165) is 22.2 Å². The summed E-state index contributed by atoms with van der Waals surface area (Å²) in [6, 6.07) is 15.0. The third-order valence-electron chi connectivity index (χ3n) is 3.59. The van der Waals surface area contributed by atoms with Crippen molar-refractivity contribution in [3.8, 4) is 0 Å². The van der Waals surface area contributed by atoms with Gasteiger partial charge in [-0.25, -0.2) is 0 Å². The Balaban J connectivity index is 2.09. The van der Waals surface area contributed by atoms with Crippen LogP contribution in [0.2, 0.25) is 0 Å². The van der Waals surface area contributed by atoms with Crippen LogP contribution in [0.5, 0.6) is 0 Å². The molecule has 98 valence electrons. The molecule has 0 bridgehead atoms. The smallest absolute Gasteiger partial charge is 0.212 e. The van der Waals surface area contributed by atoms with Crippen molar-refractivity contribution in [2.45, 2.75) is 6.23 Å². The first-order chi connectivity index (χ1) is 9.75. The fourth-order valence-electron chi connectivity index (χ4n) is 2.65.